The summed E-state index contributed by atoms with van der Waals surface area (Å²) < 4.78 is 0. The minimum absolute atomic E-state index is 0.0289. The number of likely N-dealkylation sites (tertiary alicyclic amines) is 1. The number of hydrogen-bond acceptors (Lipinski definition) is 3. The number of amides is 2. The lowest BCUT2D eigenvalue weighted by Crippen LogP contribution is -2.34. The van der Waals surface area contributed by atoms with Crippen LogP contribution < -0.4 is 5.32 Å². The Morgan fingerprint density at radius 1 is 1.00 bits per heavy atom. The van der Waals surface area contributed by atoms with E-state index in [0.717, 1.165) is 50.6 Å². The van der Waals surface area contributed by atoms with Gasteiger partial charge in [0.1, 0.15) is 0 Å². The first-order valence-electron chi connectivity index (χ1n) is 9.84. The van der Waals surface area contributed by atoms with Gasteiger partial charge in [-0.15, -0.1) is 0 Å². The van der Waals surface area contributed by atoms with Crippen molar-refractivity contribution in [3.8, 4) is 0 Å². The maximum atomic E-state index is 13.3. The maximum Gasteiger partial charge on any atom is 0.254 e. The molecule has 2 aromatic rings. The van der Waals surface area contributed by atoms with Gasteiger partial charge in [-0.1, -0.05) is 18.9 Å². The van der Waals surface area contributed by atoms with Gasteiger partial charge in [0.25, 0.3) is 5.91 Å². The van der Waals surface area contributed by atoms with E-state index in [1.54, 1.807) is 18.5 Å². The average molecular weight is 363 g/mol. The quantitative estimate of drug-likeness (QED) is 0.886. The summed E-state index contributed by atoms with van der Waals surface area (Å²) in [5.41, 5.74) is 2.47. The van der Waals surface area contributed by atoms with Crippen LogP contribution in [0, 0.1) is 5.92 Å². The van der Waals surface area contributed by atoms with Crippen LogP contribution in [0.25, 0.3) is 0 Å². The lowest BCUT2D eigenvalue weighted by molar-refractivity contribution is -0.117. The Hall–Kier alpha value is -2.69. The largest absolute Gasteiger partial charge is 0.332 e. The summed E-state index contributed by atoms with van der Waals surface area (Å²) in [6, 6.07) is 11.4. The number of aromatic nitrogens is 1. The van der Waals surface area contributed by atoms with Crippen molar-refractivity contribution in [3.63, 3.8) is 0 Å². The zero-order chi connectivity index (χ0) is 18.6. The molecule has 2 heterocycles. The number of nitrogens with one attached hydrogen (secondary N) is 1. The summed E-state index contributed by atoms with van der Waals surface area (Å²) in [4.78, 5) is 31.4. The normalized spacial score (nSPS) is 20.0. The molecule has 1 saturated heterocycles. The fourth-order valence-corrected chi connectivity index (χ4v) is 3.77. The smallest absolute Gasteiger partial charge is 0.254 e. The zero-order valence-electron chi connectivity index (χ0n) is 15.4. The van der Waals surface area contributed by atoms with Crippen molar-refractivity contribution in [2.75, 3.05) is 11.9 Å². The van der Waals surface area contributed by atoms with Crippen molar-refractivity contribution in [2.24, 2.45) is 5.92 Å². The SMILES string of the molecule is O=C(Nc1cccc(C(=O)N2CCCCC[C@H]2c2ccncc2)c1)C1CC1. The Morgan fingerprint density at radius 3 is 2.59 bits per heavy atom. The molecule has 27 heavy (non-hydrogen) atoms. The second kappa shape index (κ2) is 7.91. The second-order valence-electron chi connectivity index (χ2n) is 7.49. The summed E-state index contributed by atoms with van der Waals surface area (Å²) in [5.74, 6) is 0.233. The van der Waals surface area contributed by atoms with Crippen LogP contribution in [0.1, 0.15) is 60.5 Å². The predicted molar refractivity (Wildman–Crippen MR) is 104 cm³/mol. The molecule has 1 aliphatic heterocycles. The first-order valence-corrected chi connectivity index (χ1v) is 9.84. The molecule has 1 N–H and O–H groups in total. The Balaban J connectivity index is 1.56. The van der Waals surface area contributed by atoms with E-state index in [1.807, 2.05) is 35.2 Å². The number of benzene rings is 1. The van der Waals surface area contributed by atoms with Gasteiger partial charge in [0.05, 0.1) is 6.04 Å². The van der Waals surface area contributed by atoms with E-state index in [-0.39, 0.29) is 23.8 Å². The van der Waals surface area contributed by atoms with Gasteiger partial charge in [-0.2, -0.15) is 0 Å². The van der Waals surface area contributed by atoms with Crippen molar-refractivity contribution in [2.45, 2.75) is 44.6 Å². The van der Waals surface area contributed by atoms with Gasteiger partial charge in [0.2, 0.25) is 5.91 Å². The molecule has 0 unspecified atom stereocenters. The number of pyridine rings is 1. The highest BCUT2D eigenvalue weighted by Gasteiger charge is 2.30. The highest BCUT2D eigenvalue weighted by Crippen LogP contribution is 2.32. The van der Waals surface area contributed by atoms with Gasteiger partial charge in [0, 0.05) is 36.1 Å². The van der Waals surface area contributed by atoms with Crippen LogP contribution in [0.2, 0.25) is 0 Å². The van der Waals surface area contributed by atoms with Crippen LogP contribution >= 0.6 is 0 Å². The van der Waals surface area contributed by atoms with Crippen molar-refractivity contribution >= 4 is 17.5 Å². The van der Waals surface area contributed by atoms with Gasteiger partial charge in [-0.05, 0) is 61.6 Å². The maximum absolute atomic E-state index is 13.3. The molecule has 1 saturated carbocycles. The van der Waals surface area contributed by atoms with Crippen molar-refractivity contribution in [1.82, 2.24) is 9.88 Å². The Kier molecular flexibility index (Phi) is 5.19. The van der Waals surface area contributed by atoms with Crippen molar-refractivity contribution in [1.29, 1.82) is 0 Å². The van der Waals surface area contributed by atoms with E-state index in [9.17, 15) is 9.59 Å². The molecule has 1 aromatic carbocycles. The predicted octanol–water partition coefficient (Wildman–Crippen LogP) is 4.19. The molecule has 2 fully saturated rings. The third-order valence-electron chi connectivity index (χ3n) is 5.43. The standard InChI is InChI=1S/C22H25N3O2/c26-21(17-8-9-17)24-19-6-4-5-18(15-19)22(27)25-14-3-1-2-7-20(25)16-10-12-23-13-11-16/h4-6,10-13,15,17,20H,1-3,7-9,14H2,(H,24,26)/t20-/m0/s1. The van der Waals surface area contributed by atoms with E-state index in [1.165, 1.54) is 0 Å². The average Bonchev–Trinajstić information content (AvgIpc) is 3.55. The molecule has 0 bridgehead atoms. The Morgan fingerprint density at radius 2 is 1.81 bits per heavy atom. The van der Waals surface area contributed by atoms with Crippen LogP contribution in [0.4, 0.5) is 5.69 Å². The summed E-state index contributed by atoms with van der Waals surface area (Å²) in [6.45, 7) is 0.754. The number of nitrogens with zero attached hydrogens (tertiary/aromatic N) is 2. The van der Waals surface area contributed by atoms with Crippen LogP contribution in [-0.2, 0) is 4.79 Å². The van der Waals surface area contributed by atoms with Gasteiger partial charge in [-0.3, -0.25) is 14.6 Å². The minimum atomic E-state index is 0.0289. The van der Waals surface area contributed by atoms with Crippen LogP contribution in [0.5, 0.6) is 0 Å². The molecule has 1 aliphatic carbocycles. The van der Waals surface area contributed by atoms with Crippen LogP contribution in [-0.4, -0.2) is 28.2 Å². The minimum Gasteiger partial charge on any atom is -0.332 e. The summed E-state index contributed by atoms with van der Waals surface area (Å²) in [7, 11) is 0. The molecule has 5 nitrogen and oxygen atoms in total. The zero-order valence-corrected chi connectivity index (χ0v) is 15.4. The number of carbonyl (C=O) groups is 2. The molecule has 1 atom stereocenters. The van der Waals surface area contributed by atoms with Crippen molar-refractivity contribution < 1.29 is 9.59 Å². The molecule has 4 rings (SSSR count). The van der Waals surface area contributed by atoms with E-state index < -0.39 is 0 Å². The molecule has 0 radical (unpaired) electrons. The highest BCUT2D eigenvalue weighted by molar-refractivity contribution is 5.98. The Labute approximate surface area is 159 Å². The molecular weight excluding hydrogens is 338 g/mol. The fraction of sp³-hybridized carbons (Fsp3) is 0.409. The first-order chi connectivity index (χ1) is 13.2. The fourth-order valence-electron chi connectivity index (χ4n) is 3.77. The number of rotatable bonds is 4. The summed E-state index contributed by atoms with van der Waals surface area (Å²) >= 11 is 0. The molecular formula is C22H25N3O2. The molecule has 2 amide bonds. The van der Waals surface area contributed by atoms with E-state index >= 15 is 0 Å². The third kappa shape index (κ3) is 4.18. The topological polar surface area (TPSA) is 62.3 Å². The van der Waals surface area contributed by atoms with Gasteiger partial charge >= 0.3 is 0 Å². The number of anilines is 1. The molecule has 2 aliphatic rings. The van der Waals surface area contributed by atoms with E-state index in [2.05, 4.69) is 10.3 Å². The second-order valence-corrected chi connectivity index (χ2v) is 7.49. The van der Waals surface area contributed by atoms with Crippen LogP contribution in [0.3, 0.4) is 0 Å². The summed E-state index contributed by atoms with van der Waals surface area (Å²) in [6.07, 6.45) is 9.75. The molecule has 140 valence electrons. The Bertz CT molecular complexity index is 817. The molecule has 1 aromatic heterocycles. The molecule has 5 heteroatoms. The van der Waals surface area contributed by atoms with Crippen LogP contribution in [0.15, 0.2) is 48.8 Å². The number of carbonyl (C=O) groups excluding carboxylic acids is 2. The third-order valence-corrected chi connectivity index (χ3v) is 5.43. The monoisotopic (exact) mass is 363 g/mol. The van der Waals surface area contributed by atoms with E-state index in [4.69, 9.17) is 0 Å². The first kappa shape index (κ1) is 17.7. The van der Waals surface area contributed by atoms with Crippen molar-refractivity contribution in [3.05, 3.63) is 59.9 Å². The van der Waals surface area contributed by atoms with Gasteiger partial charge in [-0.25, -0.2) is 0 Å². The molecule has 0 spiro atoms. The lowest BCUT2D eigenvalue weighted by Gasteiger charge is -2.30. The lowest BCUT2D eigenvalue weighted by atomic mass is 10.0. The summed E-state index contributed by atoms with van der Waals surface area (Å²) in [5, 5.41) is 2.94. The van der Waals surface area contributed by atoms with Gasteiger partial charge in [0.15, 0.2) is 0 Å². The van der Waals surface area contributed by atoms with Gasteiger partial charge < -0.3 is 10.2 Å². The number of hydrogen-bond donors (Lipinski definition) is 1. The highest BCUT2D eigenvalue weighted by atomic mass is 16.2. The van der Waals surface area contributed by atoms with E-state index in [0.29, 0.717) is 11.3 Å².